The van der Waals surface area contributed by atoms with E-state index in [2.05, 4.69) is 37.8 Å². The number of hydrogen-bond donors (Lipinski definition) is 1. The summed E-state index contributed by atoms with van der Waals surface area (Å²) in [5.41, 5.74) is 7.68. The van der Waals surface area contributed by atoms with Crippen LogP contribution in [0, 0.1) is 0 Å². The molecule has 0 aromatic heterocycles. The second-order valence-electron chi connectivity index (χ2n) is 5.97. The molecule has 1 aromatic carbocycles. The van der Waals surface area contributed by atoms with Crippen molar-refractivity contribution in [1.82, 2.24) is 4.90 Å². The first-order chi connectivity index (χ1) is 10.1. The van der Waals surface area contributed by atoms with Crippen molar-refractivity contribution in [2.24, 2.45) is 5.73 Å². The minimum atomic E-state index is 0.0998. The van der Waals surface area contributed by atoms with Gasteiger partial charge in [-0.1, -0.05) is 37.6 Å². The maximum Gasteiger partial charge on any atom is 0.0675 e. The number of rotatable bonds is 5. The average Bonchev–Trinajstić information content (AvgIpc) is 2.47. The zero-order valence-electron chi connectivity index (χ0n) is 13.3. The van der Waals surface area contributed by atoms with Gasteiger partial charge in [0.15, 0.2) is 0 Å². The lowest BCUT2D eigenvalue weighted by atomic mass is 9.93. The monoisotopic (exact) mass is 310 g/mol. The summed E-state index contributed by atoms with van der Waals surface area (Å²) >= 11 is 6.19. The van der Waals surface area contributed by atoms with Crippen LogP contribution in [0.25, 0.3) is 0 Å². The molecule has 0 spiro atoms. The standard InChI is InChI=1S/C17H27ClN2O/c1-4-15-11-21-12(3)10-20(15)17(16(19)5-2)13-7-6-8-14(18)9-13/h6-9,12,15-17H,4-5,10-11,19H2,1-3H3. The first-order valence-electron chi connectivity index (χ1n) is 7.95. The van der Waals surface area contributed by atoms with Gasteiger partial charge >= 0.3 is 0 Å². The summed E-state index contributed by atoms with van der Waals surface area (Å²) in [6.07, 6.45) is 2.26. The molecular weight excluding hydrogens is 284 g/mol. The fourth-order valence-electron chi connectivity index (χ4n) is 3.16. The Balaban J connectivity index is 2.34. The van der Waals surface area contributed by atoms with Gasteiger partial charge in [-0.3, -0.25) is 4.90 Å². The average molecular weight is 311 g/mol. The van der Waals surface area contributed by atoms with Crippen LogP contribution >= 0.6 is 11.6 Å². The summed E-state index contributed by atoms with van der Waals surface area (Å²) in [7, 11) is 0. The molecule has 1 aliphatic heterocycles. The minimum Gasteiger partial charge on any atom is -0.376 e. The van der Waals surface area contributed by atoms with Crippen LogP contribution in [0.1, 0.15) is 45.2 Å². The van der Waals surface area contributed by atoms with Gasteiger partial charge in [0.25, 0.3) is 0 Å². The Morgan fingerprint density at radius 3 is 2.81 bits per heavy atom. The highest BCUT2D eigenvalue weighted by Crippen LogP contribution is 2.32. The summed E-state index contributed by atoms with van der Waals surface area (Å²) in [4.78, 5) is 2.52. The molecule has 1 saturated heterocycles. The van der Waals surface area contributed by atoms with Crippen LogP contribution in [0.5, 0.6) is 0 Å². The number of nitrogens with two attached hydrogens (primary N) is 1. The number of benzene rings is 1. The van der Waals surface area contributed by atoms with E-state index < -0.39 is 0 Å². The molecule has 0 aliphatic carbocycles. The molecule has 2 rings (SSSR count). The Morgan fingerprint density at radius 1 is 1.43 bits per heavy atom. The zero-order chi connectivity index (χ0) is 15.4. The Hall–Kier alpha value is -0.610. The number of nitrogens with zero attached hydrogens (tertiary/aromatic N) is 1. The smallest absolute Gasteiger partial charge is 0.0675 e. The third-order valence-electron chi connectivity index (χ3n) is 4.41. The molecular formula is C17H27ClN2O. The van der Waals surface area contributed by atoms with Crippen LogP contribution in [0.3, 0.4) is 0 Å². The summed E-state index contributed by atoms with van der Waals surface area (Å²) in [5.74, 6) is 0. The number of hydrogen-bond acceptors (Lipinski definition) is 3. The molecule has 4 atom stereocenters. The van der Waals surface area contributed by atoms with E-state index in [1.165, 1.54) is 5.56 Å². The van der Waals surface area contributed by atoms with Crippen LogP contribution < -0.4 is 5.73 Å². The topological polar surface area (TPSA) is 38.5 Å². The zero-order valence-corrected chi connectivity index (χ0v) is 14.0. The van der Waals surface area contributed by atoms with E-state index in [1.54, 1.807) is 0 Å². The van der Waals surface area contributed by atoms with E-state index >= 15 is 0 Å². The molecule has 21 heavy (non-hydrogen) atoms. The number of halogens is 1. The predicted octanol–water partition coefficient (Wildman–Crippen LogP) is 3.62. The summed E-state index contributed by atoms with van der Waals surface area (Å²) < 4.78 is 5.83. The van der Waals surface area contributed by atoms with Gasteiger partial charge in [-0.25, -0.2) is 0 Å². The van der Waals surface area contributed by atoms with Gasteiger partial charge in [0.1, 0.15) is 0 Å². The van der Waals surface area contributed by atoms with E-state index in [0.29, 0.717) is 6.04 Å². The number of morpholine rings is 1. The second kappa shape index (κ2) is 7.59. The Kier molecular flexibility index (Phi) is 6.06. The van der Waals surface area contributed by atoms with Crippen LogP contribution in [0.4, 0.5) is 0 Å². The third kappa shape index (κ3) is 3.98. The van der Waals surface area contributed by atoms with Gasteiger partial charge in [-0.2, -0.15) is 0 Å². The quantitative estimate of drug-likeness (QED) is 0.902. The van der Waals surface area contributed by atoms with Crippen LogP contribution in [-0.2, 0) is 4.74 Å². The van der Waals surface area contributed by atoms with Crippen molar-refractivity contribution in [2.75, 3.05) is 13.2 Å². The van der Waals surface area contributed by atoms with Gasteiger partial charge in [-0.15, -0.1) is 0 Å². The molecule has 1 heterocycles. The fourth-order valence-corrected chi connectivity index (χ4v) is 3.36. The third-order valence-corrected chi connectivity index (χ3v) is 4.64. The SMILES string of the molecule is CCC(N)C(c1cccc(Cl)c1)N1CC(C)OCC1CC. The molecule has 118 valence electrons. The highest BCUT2D eigenvalue weighted by atomic mass is 35.5. The summed E-state index contributed by atoms with van der Waals surface area (Å²) in [6, 6.07) is 8.83. The Morgan fingerprint density at radius 2 is 2.19 bits per heavy atom. The number of ether oxygens (including phenoxy) is 1. The van der Waals surface area contributed by atoms with E-state index in [9.17, 15) is 0 Å². The van der Waals surface area contributed by atoms with Gasteiger partial charge < -0.3 is 10.5 Å². The van der Waals surface area contributed by atoms with Gasteiger partial charge in [0.2, 0.25) is 0 Å². The minimum absolute atomic E-state index is 0.0998. The lowest BCUT2D eigenvalue weighted by Crippen LogP contribution is -2.53. The molecule has 1 aromatic rings. The van der Waals surface area contributed by atoms with Gasteiger partial charge in [-0.05, 0) is 37.5 Å². The lowest BCUT2D eigenvalue weighted by molar-refractivity contribution is -0.0771. The largest absolute Gasteiger partial charge is 0.376 e. The molecule has 2 N–H and O–H groups in total. The van der Waals surface area contributed by atoms with E-state index in [0.717, 1.165) is 31.0 Å². The van der Waals surface area contributed by atoms with Crippen molar-refractivity contribution in [3.8, 4) is 0 Å². The summed E-state index contributed by atoms with van der Waals surface area (Å²) in [5, 5.41) is 0.773. The van der Waals surface area contributed by atoms with Crippen LogP contribution in [0.15, 0.2) is 24.3 Å². The van der Waals surface area contributed by atoms with Crippen molar-refractivity contribution >= 4 is 11.6 Å². The van der Waals surface area contributed by atoms with E-state index in [4.69, 9.17) is 22.1 Å². The summed E-state index contributed by atoms with van der Waals surface area (Å²) in [6.45, 7) is 8.19. The molecule has 0 amide bonds. The highest BCUT2D eigenvalue weighted by molar-refractivity contribution is 6.30. The Labute approximate surface area is 133 Å². The normalized spacial score (nSPS) is 26.5. The van der Waals surface area contributed by atoms with Gasteiger partial charge in [0, 0.05) is 23.7 Å². The van der Waals surface area contributed by atoms with Crippen LogP contribution in [-0.4, -0.2) is 36.2 Å². The molecule has 1 aliphatic rings. The Bertz CT molecular complexity index is 454. The van der Waals surface area contributed by atoms with Crippen LogP contribution in [0.2, 0.25) is 5.02 Å². The first kappa shape index (κ1) is 16.8. The van der Waals surface area contributed by atoms with E-state index in [1.807, 2.05) is 12.1 Å². The lowest BCUT2D eigenvalue weighted by Gasteiger charge is -2.45. The van der Waals surface area contributed by atoms with Crippen molar-refractivity contribution in [3.63, 3.8) is 0 Å². The van der Waals surface area contributed by atoms with Crippen molar-refractivity contribution < 1.29 is 4.74 Å². The highest BCUT2D eigenvalue weighted by Gasteiger charge is 2.34. The van der Waals surface area contributed by atoms with Crippen molar-refractivity contribution in [2.45, 2.75) is 57.8 Å². The maximum absolute atomic E-state index is 6.47. The second-order valence-corrected chi connectivity index (χ2v) is 6.41. The predicted molar refractivity (Wildman–Crippen MR) is 88.7 cm³/mol. The maximum atomic E-state index is 6.47. The first-order valence-corrected chi connectivity index (χ1v) is 8.33. The molecule has 1 fully saturated rings. The fraction of sp³-hybridized carbons (Fsp3) is 0.647. The van der Waals surface area contributed by atoms with Gasteiger partial charge in [0.05, 0.1) is 18.8 Å². The van der Waals surface area contributed by atoms with E-state index in [-0.39, 0.29) is 18.2 Å². The molecule has 0 radical (unpaired) electrons. The van der Waals surface area contributed by atoms with Crippen molar-refractivity contribution in [1.29, 1.82) is 0 Å². The molecule has 3 nitrogen and oxygen atoms in total. The molecule has 4 heteroatoms. The molecule has 0 saturated carbocycles. The van der Waals surface area contributed by atoms with Crippen molar-refractivity contribution in [3.05, 3.63) is 34.9 Å². The molecule has 0 bridgehead atoms. The molecule has 4 unspecified atom stereocenters.